The maximum Gasteiger partial charge on any atom is 0.181 e. The van der Waals surface area contributed by atoms with Gasteiger partial charge in [-0.1, -0.05) is 23.2 Å². The summed E-state index contributed by atoms with van der Waals surface area (Å²) in [6.07, 6.45) is 1.63. The molecule has 0 amide bonds. The highest BCUT2D eigenvalue weighted by molar-refractivity contribution is 9.10. The molecule has 0 aliphatic carbocycles. The van der Waals surface area contributed by atoms with E-state index in [9.17, 15) is 0 Å². The zero-order chi connectivity index (χ0) is 11.7. The molecule has 4 nitrogen and oxygen atoms in total. The molecule has 0 saturated heterocycles. The minimum atomic E-state index is 0.256. The van der Waals surface area contributed by atoms with Crippen LogP contribution in [0.4, 0.5) is 0 Å². The summed E-state index contributed by atoms with van der Waals surface area (Å²) in [6, 6.07) is 1.70. The van der Waals surface area contributed by atoms with Crippen LogP contribution in [-0.2, 0) is 0 Å². The molecule has 0 aliphatic heterocycles. The Morgan fingerprint density at radius 3 is 2.31 bits per heavy atom. The molecule has 0 unspecified atom stereocenters. The third kappa shape index (κ3) is 2.31. The van der Waals surface area contributed by atoms with Crippen LogP contribution >= 0.6 is 39.1 Å². The van der Waals surface area contributed by atoms with Crippen molar-refractivity contribution in [3.8, 4) is 11.5 Å². The highest BCUT2D eigenvalue weighted by Crippen LogP contribution is 2.29. The maximum absolute atomic E-state index is 5.88. The topological polar surface area (TPSA) is 51.6 Å². The maximum atomic E-state index is 5.88. The number of rotatable bonds is 1. The van der Waals surface area contributed by atoms with E-state index in [4.69, 9.17) is 23.2 Å². The van der Waals surface area contributed by atoms with Crippen molar-refractivity contribution in [1.29, 1.82) is 0 Å². The first kappa shape index (κ1) is 11.7. The van der Waals surface area contributed by atoms with E-state index in [2.05, 4.69) is 35.9 Å². The molecule has 2 aromatic rings. The van der Waals surface area contributed by atoms with Crippen molar-refractivity contribution in [3.63, 3.8) is 0 Å². The summed E-state index contributed by atoms with van der Waals surface area (Å²) in [4.78, 5) is 16.3. The number of aryl methyl sites for hydroxylation is 1. The normalized spacial score (nSPS) is 10.5. The molecule has 82 valence electrons. The molecule has 0 aliphatic rings. The van der Waals surface area contributed by atoms with Gasteiger partial charge in [-0.05, 0) is 28.9 Å². The Hall–Kier alpha value is -0.780. The molecule has 7 heteroatoms. The van der Waals surface area contributed by atoms with Crippen molar-refractivity contribution in [2.24, 2.45) is 0 Å². The molecule has 0 aromatic carbocycles. The van der Waals surface area contributed by atoms with Gasteiger partial charge in [-0.2, -0.15) is 0 Å². The smallest absolute Gasteiger partial charge is 0.181 e. The number of aromatic nitrogens is 4. The van der Waals surface area contributed by atoms with E-state index in [1.807, 2.05) is 0 Å². The Balaban J connectivity index is 2.57. The van der Waals surface area contributed by atoms with Crippen LogP contribution in [0, 0.1) is 6.92 Å². The summed E-state index contributed by atoms with van der Waals surface area (Å²) in [5.41, 5.74) is 0.587. The van der Waals surface area contributed by atoms with Gasteiger partial charge in [0.25, 0.3) is 0 Å². The Bertz CT molecular complexity index is 524. The molecule has 2 heterocycles. The Morgan fingerprint density at radius 2 is 1.75 bits per heavy atom. The van der Waals surface area contributed by atoms with Gasteiger partial charge < -0.3 is 0 Å². The minimum Gasteiger partial charge on any atom is -0.242 e. The van der Waals surface area contributed by atoms with Crippen molar-refractivity contribution in [3.05, 3.63) is 32.9 Å². The highest BCUT2D eigenvalue weighted by Gasteiger charge is 2.11. The number of nitrogens with zero attached hydrogens (tertiary/aromatic N) is 4. The van der Waals surface area contributed by atoms with Crippen LogP contribution in [0.2, 0.25) is 10.3 Å². The lowest BCUT2D eigenvalue weighted by molar-refractivity contribution is 1.03. The fraction of sp³-hybridized carbons (Fsp3) is 0.111. The van der Waals surface area contributed by atoms with E-state index in [1.165, 1.54) is 0 Å². The van der Waals surface area contributed by atoms with Crippen LogP contribution < -0.4 is 0 Å². The van der Waals surface area contributed by atoms with Crippen LogP contribution in [-0.4, -0.2) is 19.9 Å². The molecule has 0 spiro atoms. The van der Waals surface area contributed by atoms with Gasteiger partial charge >= 0.3 is 0 Å². The van der Waals surface area contributed by atoms with Gasteiger partial charge in [0.1, 0.15) is 21.8 Å². The number of hydrogen-bond acceptors (Lipinski definition) is 4. The van der Waals surface area contributed by atoms with Crippen molar-refractivity contribution in [2.45, 2.75) is 6.92 Å². The first-order valence-corrected chi connectivity index (χ1v) is 5.81. The molecule has 0 bridgehead atoms. The largest absolute Gasteiger partial charge is 0.242 e. The molecule has 0 fully saturated rings. The van der Waals surface area contributed by atoms with E-state index in [-0.39, 0.29) is 10.3 Å². The molecule has 16 heavy (non-hydrogen) atoms. The number of hydrogen-bond donors (Lipinski definition) is 0. The zero-order valence-electron chi connectivity index (χ0n) is 8.08. The van der Waals surface area contributed by atoms with Crippen molar-refractivity contribution in [2.75, 3.05) is 0 Å². The Labute approximate surface area is 110 Å². The molecule has 0 radical (unpaired) electrons. The third-order valence-corrected chi connectivity index (χ3v) is 3.53. The predicted molar refractivity (Wildman–Crippen MR) is 65.5 cm³/mol. The molecule has 0 saturated carbocycles. The van der Waals surface area contributed by atoms with Gasteiger partial charge in [0, 0.05) is 6.20 Å². The van der Waals surface area contributed by atoms with Crippen LogP contribution in [0.5, 0.6) is 0 Å². The molecule has 2 aromatic heterocycles. The summed E-state index contributed by atoms with van der Waals surface area (Å²) in [5, 5.41) is 0.512. The highest BCUT2D eigenvalue weighted by atomic mass is 79.9. The van der Waals surface area contributed by atoms with Crippen LogP contribution in [0.3, 0.4) is 0 Å². The van der Waals surface area contributed by atoms with E-state index in [0.29, 0.717) is 21.8 Å². The zero-order valence-corrected chi connectivity index (χ0v) is 11.2. The number of halogens is 3. The lowest BCUT2D eigenvalue weighted by Gasteiger charge is -2.03. The first-order chi connectivity index (χ1) is 7.58. The van der Waals surface area contributed by atoms with Gasteiger partial charge in [-0.3, -0.25) is 0 Å². The minimum absolute atomic E-state index is 0.256. The van der Waals surface area contributed by atoms with Gasteiger partial charge in [0.15, 0.2) is 5.82 Å². The van der Waals surface area contributed by atoms with Gasteiger partial charge in [0.05, 0.1) is 4.47 Å². The van der Waals surface area contributed by atoms with E-state index in [1.54, 1.807) is 19.2 Å². The van der Waals surface area contributed by atoms with Gasteiger partial charge in [0.2, 0.25) is 0 Å². The summed E-state index contributed by atoms with van der Waals surface area (Å²) in [6.45, 7) is 1.78. The summed E-state index contributed by atoms with van der Waals surface area (Å²) < 4.78 is 0.477. The van der Waals surface area contributed by atoms with Crippen molar-refractivity contribution >= 4 is 39.1 Å². The summed E-state index contributed by atoms with van der Waals surface area (Å²) in [7, 11) is 0. The molecule has 0 N–H and O–H groups in total. The Morgan fingerprint density at radius 1 is 1.12 bits per heavy atom. The molecule has 0 atom stereocenters. The lowest BCUT2D eigenvalue weighted by atomic mass is 10.3. The predicted octanol–water partition coefficient (Wildman–Crippen LogP) is 3.31. The quantitative estimate of drug-likeness (QED) is 0.757. The second-order valence-corrected chi connectivity index (χ2v) is 4.44. The van der Waals surface area contributed by atoms with Crippen molar-refractivity contribution in [1.82, 2.24) is 19.9 Å². The SMILES string of the molecule is Cc1nccc(-c2nc(Cl)c(Br)c(Cl)n2)n1. The lowest BCUT2D eigenvalue weighted by Crippen LogP contribution is -1.96. The fourth-order valence-corrected chi connectivity index (χ4v) is 1.65. The monoisotopic (exact) mass is 318 g/mol. The molecule has 2 rings (SSSR count). The molecular weight excluding hydrogens is 315 g/mol. The summed E-state index contributed by atoms with van der Waals surface area (Å²) in [5.74, 6) is 1.01. The average Bonchev–Trinajstić information content (AvgIpc) is 2.25. The van der Waals surface area contributed by atoms with Gasteiger partial charge in [-0.25, -0.2) is 19.9 Å². The Kier molecular flexibility index (Phi) is 3.37. The molecular formula is C9H5BrCl2N4. The van der Waals surface area contributed by atoms with Crippen LogP contribution in [0.15, 0.2) is 16.7 Å². The fourth-order valence-electron chi connectivity index (χ4n) is 1.09. The van der Waals surface area contributed by atoms with E-state index in [0.717, 1.165) is 0 Å². The second kappa shape index (κ2) is 4.61. The third-order valence-electron chi connectivity index (χ3n) is 1.78. The van der Waals surface area contributed by atoms with Crippen molar-refractivity contribution < 1.29 is 0 Å². The first-order valence-electron chi connectivity index (χ1n) is 4.26. The van der Waals surface area contributed by atoms with Crippen LogP contribution in [0.1, 0.15) is 5.82 Å². The second-order valence-electron chi connectivity index (χ2n) is 2.93. The average molecular weight is 320 g/mol. The summed E-state index contributed by atoms with van der Waals surface area (Å²) >= 11 is 14.9. The van der Waals surface area contributed by atoms with E-state index >= 15 is 0 Å². The van der Waals surface area contributed by atoms with E-state index < -0.39 is 0 Å². The van der Waals surface area contributed by atoms with Crippen LogP contribution in [0.25, 0.3) is 11.5 Å². The van der Waals surface area contributed by atoms with Gasteiger partial charge in [-0.15, -0.1) is 0 Å². The standard InChI is InChI=1S/C9H5BrCl2N4/c1-4-13-3-2-5(14-4)9-15-7(11)6(10)8(12)16-9/h2-3H,1H3.